The van der Waals surface area contributed by atoms with Crippen molar-refractivity contribution in [2.45, 2.75) is 78.6 Å². The van der Waals surface area contributed by atoms with E-state index in [1.54, 1.807) is 22.3 Å². The standard InChI is InChI=1S/C20H30/c1-12(2)16-9-10-20(6)14(4)7-8-17-15(5)13(3)11-18(16)19(17)20/h11-12,14,16H,7-10H2,1-6H3. The molecule has 0 aromatic heterocycles. The zero-order chi connectivity index (χ0) is 14.7. The first-order chi connectivity index (χ1) is 9.36. The lowest BCUT2D eigenvalue weighted by atomic mass is 9.55. The summed E-state index contributed by atoms with van der Waals surface area (Å²) in [5.41, 5.74) is 8.72. The van der Waals surface area contributed by atoms with Crippen molar-refractivity contribution in [3.05, 3.63) is 33.9 Å². The van der Waals surface area contributed by atoms with E-state index in [2.05, 4.69) is 47.6 Å². The summed E-state index contributed by atoms with van der Waals surface area (Å²) in [4.78, 5) is 0. The van der Waals surface area contributed by atoms with Gasteiger partial charge in [-0.1, -0.05) is 33.8 Å². The Labute approximate surface area is 125 Å². The summed E-state index contributed by atoms with van der Waals surface area (Å²) in [6, 6.07) is 2.54. The fourth-order valence-electron chi connectivity index (χ4n) is 4.89. The van der Waals surface area contributed by atoms with Gasteiger partial charge in [-0.25, -0.2) is 0 Å². The van der Waals surface area contributed by atoms with Crippen LogP contribution in [0.3, 0.4) is 0 Å². The molecule has 0 saturated carbocycles. The van der Waals surface area contributed by atoms with Gasteiger partial charge in [0.25, 0.3) is 0 Å². The molecule has 0 fully saturated rings. The highest BCUT2D eigenvalue weighted by Crippen LogP contribution is 2.54. The Bertz CT molecular complexity index is 537. The summed E-state index contributed by atoms with van der Waals surface area (Å²) >= 11 is 0. The van der Waals surface area contributed by atoms with E-state index in [9.17, 15) is 0 Å². The lowest BCUT2D eigenvalue weighted by Gasteiger charge is -2.49. The van der Waals surface area contributed by atoms with Crippen LogP contribution in [0.4, 0.5) is 0 Å². The monoisotopic (exact) mass is 270 g/mol. The van der Waals surface area contributed by atoms with Gasteiger partial charge in [0, 0.05) is 0 Å². The predicted molar refractivity (Wildman–Crippen MR) is 87.6 cm³/mol. The Morgan fingerprint density at radius 1 is 1.20 bits per heavy atom. The molecule has 20 heavy (non-hydrogen) atoms. The van der Waals surface area contributed by atoms with Crippen LogP contribution in [0.25, 0.3) is 0 Å². The molecule has 2 aliphatic rings. The SMILES string of the molecule is Cc1cc2c3c(c1C)CCC(C)C3(C)CCC2C(C)C. The third kappa shape index (κ3) is 1.80. The summed E-state index contributed by atoms with van der Waals surface area (Å²) < 4.78 is 0. The molecule has 0 heterocycles. The van der Waals surface area contributed by atoms with Crippen molar-refractivity contribution >= 4 is 0 Å². The van der Waals surface area contributed by atoms with Crippen LogP contribution >= 0.6 is 0 Å². The van der Waals surface area contributed by atoms with Crippen LogP contribution < -0.4 is 0 Å². The first kappa shape index (κ1) is 14.2. The maximum absolute atomic E-state index is 2.55. The Morgan fingerprint density at radius 2 is 1.90 bits per heavy atom. The highest BCUT2D eigenvalue weighted by Gasteiger charge is 2.44. The first-order valence-corrected chi connectivity index (χ1v) is 8.49. The van der Waals surface area contributed by atoms with E-state index < -0.39 is 0 Å². The molecule has 3 atom stereocenters. The minimum absolute atomic E-state index is 0.437. The molecule has 0 radical (unpaired) electrons. The van der Waals surface area contributed by atoms with Gasteiger partial charge in [-0.2, -0.15) is 0 Å². The number of rotatable bonds is 1. The topological polar surface area (TPSA) is 0 Å². The summed E-state index contributed by atoms with van der Waals surface area (Å²) in [6.45, 7) is 14.5. The largest absolute Gasteiger partial charge is 0.0622 e. The zero-order valence-electron chi connectivity index (χ0n) is 14.1. The van der Waals surface area contributed by atoms with Gasteiger partial charge in [0.1, 0.15) is 0 Å². The molecule has 1 aromatic rings. The van der Waals surface area contributed by atoms with Gasteiger partial charge in [-0.3, -0.25) is 0 Å². The lowest BCUT2D eigenvalue weighted by molar-refractivity contribution is 0.216. The van der Waals surface area contributed by atoms with E-state index in [1.807, 2.05) is 0 Å². The molecule has 1 aromatic carbocycles. The molecule has 2 aliphatic carbocycles. The van der Waals surface area contributed by atoms with Crippen LogP contribution in [-0.4, -0.2) is 0 Å². The van der Waals surface area contributed by atoms with E-state index in [0.717, 1.165) is 17.8 Å². The molecular weight excluding hydrogens is 240 g/mol. The molecule has 0 N–H and O–H groups in total. The molecule has 0 bridgehead atoms. The Kier molecular flexibility index (Phi) is 3.27. The molecular formula is C20H30. The quantitative estimate of drug-likeness (QED) is 0.616. The first-order valence-electron chi connectivity index (χ1n) is 8.49. The van der Waals surface area contributed by atoms with Crippen molar-refractivity contribution in [3.63, 3.8) is 0 Å². The van der Waals surface area contributed by atoms with Gasteiger partial charge >= 0.3 is 0 Å². The Hall–Kier alpha value is -0.780. The molecule has 3 rings (SSSR count). The third-order valence-corrected chi connectivity index (χ3v) is 6.67. The lowest BCUT2D eigenvalue weighted by Crippen LogP contribution is -2.41. The molecule has 0 spiro atoms. The maximum atomic E-state index is 2.55. The molecule has 110 valence electrons. The van der Waals surface area contributed by atoms with Crippen LogP contribution in [-0.2, 0) is 11.8 Å². The molecule has 0 heteroatoms. The summed E-state index contributed by atoms with van der Waals surface area (Å²) in [6.07, 6.45) is 5.45. The van der Waals surface area contributed by atoms with Crippen molar-refractivity contribution in [1.82, 2.24) is 0 Å². The van der Waals surface area contributed by atoms with E-state index >= 15 is 0 Å². The van der Waals surface area contributed by atoms with Gasteiger partial charge in [0.05, 0.1) is 0 Å². The fourth-order valence-corrected chi connectivity index (χ4v) is 4.89. The second-order valence-corrected chi connectivity index (χ2v) is 8.01. The summed E-state index contributed by atoms with van der Waals surface area (Å²) in [5.74, 6) is 2.38. The number of benzene rings is 1. The normalized spacial score (nSPS) is 32.4. The van der Waals surface area contributed by atoms with Gasteiger partial charge in [-0.05, 0) is 90.5 Å². The van der Waals surface area contributed by atoms with Crippen molar-refractivity contribution in [1.29, 1.82) is 0 Å². The fraction of sp³-hybridized carbons (Fsp3) is 0.700. The number of hydrogen-bond acceptors (Lipinski definition) is 0. The second kappa shape index (κ2) is 4.61. The smallest absolute Gasteiger partial charge is 0.00437 e. The van der Waals surface area contributed by atoms with Crippen LogP contribution in [0.1, 0.15) is 80.7 Å². The molecule has 0 amide bonds. The predicted octanol–water partition coefficient (Wildman–Crippen LogP) is 5.68. The minimum atomic E-state index is 0.437. The van der Waals surface area contributed by atoms with E-state index in [-0.39, 0.29) is 0 Å². The number of aryl methyl sites for hydroxylation is 1. The highest BCUT2D eigenvalue weighted by molar-refractivity contribution is 5.53. The van der Waals surface area contributed by atoms with E-state index in [0.29, 0.717) is 5.41 Å². The van der Waals surface area contributed by atoms with Gasteiger partial charge in [0.15, 0.2) is 0 Å². The van der Waals surface area contributed by atoms with Crippen LogP contribution in [0.5, 0.6) is 0 Å². The number of hydrogen-bond donors (Lipinski definition) is 0. The van der Waals surface area contributed by atoms with Crippen LogP contribution in [0, 0.1) is 25.7 Å². The highest BCUT2D eigenvalue weighted by atomic mass is 14.5. The molecule has 0 saturated heterocycles. The third-order valence-electron chi connectivity index (χ3n) is 6.67. The van der Waals surface area contributed by atoms with Crippen molar-refractivity contribution in [2.75, 3.05) is 0 Å². The Balaban J connectivity index is 2.29. The van der Waals surface area contributed by atoms with Crippen LogP contribution in [0.2, 0.25) is 0 Å². The molecule has 0 aliphatic heterocycles. The maximum Gasteiger partial charge on any atom is -0.00437 e. The Morgan fingerprint density at radius 3 is 2.55 bits per heavy atom. The second-order valence-electron chi connectivity index (χ2n) is 8.01. The summed E-state index contributed by atoms with van der Waals surface area (Å²) in [5, 5.41) is 0. The van der Waals surface area contributed by atoms with Gasteiger partial charge in [0.2, 0.25) is 0 Å². The summed E-state index contributed by atoms with van der Waals surface area (Å²) in [7, 11) is 0. The molecule has 3 unspecified atom stereocenters. The van der Waals surface area contributed by atoms with E-state index in [4.69, 9.17) is 0 Å². The van der Waals surface area contributed by atoms with Gasteiger partial charge in [-0.15, -0.1) is 0 Å². The van der Waals surface area contributed by atoms with Crippen molar-refractivity contribution in [3.8, 4) is 0 Å². The van der Waals surface area contributed by atoms with Gasteiger partial charge < -0.3 is 0 Å². The average Bonchev–Trinajstić information content (AvgIpc) is 2.38. The van der Waals surface area contributed by atoms with Crippen molar-refractivity contribution < 1.29 is 0 Å². The zero-order valence-corrected chi connectivity index (χ0v) is 14.1. The van der Waals surface area contributed by atoms with Crippen molar-refractivity contribution in [2.24, 2.45) is 11.8 Å². The van der Waals surface area contributed by atoms with E-state index in [1.165, 1.54) is 31.2 Å². The molecule has 0 nitrogen and oxygen atoms in total. The van der Waals surface area contributed by atoms with Crippen LogP contribution in [0.15, 0.2) is 6.07 Å². The average molecular weight is 270 g/mol. The minimum Gasteiger partial charge on any atom is -0.0622 e.